The quantitative estimate of drug-likeness (QED) is 0.524. The van der Waals surface area contributed by atoms with Gasteiger partial charge in [-0.25, -0.2) is 9.37 Å². The smallest absolute Gasteiger partial charge is 0.335 e. The highest BCUT2D eigenvalue weighted by Crippen LogP contribution is 2.48. The number of carboxylic acid groups (broad SMARTS) is 2. The molecule has 0 unspecified atom stereocenters. The summed E-state index contributed by atoms with van der Waals surface area (Å²) in [6.07, 6.45) is 10.6. The second-order valence-electron chi connectivity index (χ2n) is 12.7. The number of likely N-dealkylation sites (N-methyl/N-ethyl adjacent to an activating group) is 2. The maximum Gasteiger partial charge on any atom is 0.335 e. The molecule has 0 saturated heterocycles. The third kappa shape index (κ3) is 4.57. The highest BCUT2D eigenvalue weighted by molar-refractivity contribution is 6.12. The molecular weight excluding hydrogens is 526 g/mol. The first-order valence-corrected chi connectivity index (χ1v) is 14.2. The van der Waals surface area contributed by atoms with Crippen LogP contribution in [0.3, 0.4) is 0 Å². The molecule has 3 aliphatic rings. The Morgan fingerprint density at radius 3 is 1.62 bits per heavy atom. The third-order valence-corrected chi connectivity index (χ3v) is 9.15. The molecule has 2 aromatic rings. The van der Waals surface area contributed by atoms with Crippen LogP contribution in [0.5, 0.6) is 0 Å². The Hall–Kier alpha value is -4.39. The van der Waals surface area contributed by atoms with E-state index in [1.165, 1.54) is 16.9 Å². The number of aromatic carboxylic acids is 2. The predicted octanol–water partition coefficient (Wildman–Crippen LogP) is 5.03. The lowest BCUT2D eigenvalue weighted by molar-refractivity contribution is -0.463. The highest BCUT2D eigenvalue weighted by atomic mass is 16.4. The molecule has 218 valence electrons. The summed E-state index contributed by atoms with van der Waals surface area (Å²) >= 11 is 0. The summed E-state index contributed by atoms with van der Waals surface area (Å²) in [5.74, 6) is -2.08. The minimum atomic E-state index is -1.16. The van der Waals surface area contributed by atoms with Crippen LogP contribution in [0.15, 0.2) is 83.2 Å². The number of hydrogen-bond donors (Lipinski definition) is 1. The molecule has 2 aliphatic heterocycles. The van der Waals surface area contributed by atoms with E-state index in [2.05, 4.69) is 80.5 Å². The van der Waals surface area contributed by atoms with Crippen molar-refractivity contribution < 1.29 is 24.4 Å². The first-order valence-electron chi connectivity index (χ1n) is 14.2. The summed E-state index contributed by atoms with van der Waals surface area (Å²) in [5.41, 5.74) is 9.75. The molecule has 1 saturated carbocycles. The van der Waals surface area contributed by atoms with Crippen molar-refractivity contribution in [2.75, 3.05) is 38.0 Å². The van der Waals surface area contributed by atoms with Gasteiger partial charge in [0, 0.05) is 58.8 Å². The van der Waals surface area contributed by atoms with E-state index in [0.29, 0.717) is 5.56 Å². The fourth-order valence-electron chi connectivity index (χ4n) is 6.90. The van der Waals surface area contributed by atoms with E-state index in [4.69, 9.17) is 0 Å². The minimum Gasteiger partial charge on any atom is -0.545 e. The molecule has 0 amide bonds. The molecule has 5 rings (SSSR count). The summed E-state index contributed by atoms with van der Waals surface area (Å²) in [7, 11) is 8.20. The zero-order valence-electron chi connectivity index (χ0n) is 25.7. The van der Waals surface area contributed by atoms with Crippen LogP contribution in [-0.2, 0) is 10.8 Å². The van der Waals surface area contributed by atoms with Crippen LogP contribution in [0.1, 0.15) is 72.4 Å². The molecule has 42 heavy (non-hydrogen) atoms. The molecule has 7 heteroatoms. The molecule has 0 spiro atoms. The van der Waals surface area contributed by atoms with E-state index >= 15 is 0 Å². The van der Waals surface area contributed by atoms with Gasteiger partial charge in [0.2, 0.25) is 5.71 Å². The highest BCUT2D eigenvalue weighted by Gasteiger charge is 2.40. The van der Waals surface area contributed by atoms with Gasteiger partial charge in [-0.05, 0) is 72.0 Å². The standard InChI is InChI=1S/C35H39N3O4/c1-34(2)25-19-23(32(39)40)11-15-27(25)37(7)29(34)17-13-21-9-10-22(31(21)36(5)6)14-18-30-35(3,4)26-20-24(33(41)42)12-16-28(26)38(30)8/h11-20H,9-10H2,1-8H3,(H-,39,40,41,42). The maximum absolute atomic E-state index is 11.6. The topological polar surface area (TPSA) is 86.9 Å². The number of benzene rings is 2. The average molecular weight is 566 g/mol. The van der Waals surface area contributed by atoms with Gasteiger partial charge in [-0.1, -0.05) is 45.9 Å². The van der Waals surface area contributed by atoms with Crippen molar-refractivity contribution in [3.8, 4) is 0 Å². The minimum absolute atomic E-state index is 0.194. The number of carboxylic acids is 2. The number of carbonyl (C=O) groups excluding carboxylic acids is 1. The number of allylic oxidation sites excluding steroid dienone is 8. The van der Waals surface area contributed by atoms with Crippen molar-refractivity contribution in [3.05, 3.63) is 105 Å². The summed E-state index contributed by atoms with van der Waals surface area (Å²) in [6.45, 7) is 8.53. The van der Waals surface area contributed by atoms with Crippen molar-refractivity contribution in [3.63, 3.8) is 0 Å². The third-order valence-electron chi connectivity index (χ3n) is 9.15. The van der Waals surface area contributed by atoms with Gasteiger partial charge in [0.25, 0.3) is 0 Å². The second kappa shape index (κ2) is 10.2. The fourth-order valence-corrected chi connectivity index (χ4v) is 6.90. The Bertz CT molecular complexity index is 1560. The van der Waals surface area contributed by atoms with E-state index < -0.39 is 11.9 Å². The summed E-state index contributed by atoms with van der Waals surface area (Å²) in [6, 6.07) is 10.6. The van der Waals surface area contributed by atoms with Gasteiger partial charge >= 0.3 is 5.97 Å². The van der Waals surface area contributed by atoms with Gasteiger partial charge in [0.15, 0.2) is 0 Å². The van der Waals surface area contributed by atoms with E-state index in [1.807, 2.05) is 26.2 Å². The second-order valence-corrected chi connectivity index (χ2v) is 12.7. The molecule has 7 nitrogen and oxygen atoms in total. The normalized spacial score (nSPS) is 22.4. The zero-order valence-corrected chi connectivity index (χ0v) is 25.7. The Labute approximate surface area is 248 Å². The van der Waals surface area contributed by atoms with E-state index in [0.717, 1.165) is 46.7 Å². The first kappa shape index (κ1) is 29.1. The van der Waals surface area contributed by atoms with Crippen LogP contribution in [0.4, 0.5) is 11.4 Å². The van der Waals surface area contributed by atoms with Crippen LogP contribution in [-0.4, -0.2) is 55.5 Å². The number of anilines is 2. The molecule has 2 heterocycles. The van der Waals surface area contributed by atoms with Gasteiger partial charge in [0.05, 0.1) is 11.5 Å². The fraction of sp³-hybridized carbons (Fsp3) is 0.343. The summed E-state index contributed by atoms with van der Waals surface area (Å²) < 4.78 is 2.17. The predicted molar refractivity (Wildman–Crippen MR) is 166 cm³/mol. The van der Waals surface area contributed by atoms with Crippen LogP contribution in [0.25, 0.3) is 0 Å². The molecule has 0 atom stereocenters. The zero-order chi connectivity index (χ0) is 30.7. The van der Waals surface area contributed by atoms with Crippen LogP contribution in [0, 0.1) is 0 Å². The Morgan fingerprint density at radius 2 is 1.21 bits per heavy atom. The van der Waals surface area contributed by atoms with Crippen LogP contribution >= 0.6 is 0 Å². The molecule has 0 radical (unpaired) electrons. The molecule has 1 aliphatic carbocycles. The lowest BCUT2D eigenvalue weighted by atomic mass is 9.83. The number of carbonyl (C=O) groups is 2. The Balaban J connectivity index is 1.48. The van der Waals surface area contributed by atoms with Gasteiger partial charge in [-0.2, -0.15) is 0 Å². The number of nitrogens with zero attached hydrogens (tertiary/aromatic N) is 3. The van der Waals surface area contributed by atoms with E-state index in [9.17, 15) is 19.8 Å². The molecule has 2 aromatic carbocycles. The molecule has 0 aromatic heterocycles. The van der Waals surface area contributed by atoms with Gasteiger partial charge in [0.1, 0.15) is 14.1 Å². The SMILES string of the molecule is CN1C(=CC=C2CCC(=C/C=C3/N(C)c4ccc(C(=O)O)cc4C3(C)C)C2=[N+](C)C)C(C)(C)c2cc(C(=O)[O-])ccc21. The number of fused-ring (bicyclic) bond motifs is 2. The molecule has 1 N–H and O–H groups in total. The van der Waals surface area contributed by atoms with Gasteiger partial charge < -0.3 is 24.8 Å². The largest absolute Gasteiger partial charge is 0.545 e. The number of hydrogen-bond acceptors (Lipinski definition) is 5. The van der Waals surface area contributed by atoms with E-state index in [1.54, 1.807) is 24.3 Å². The Kier molecular flexibility index (Phi) is 7.04. The van der Waals surface area contributed by atoms with Gasteiger partial charge in [-0.3, -0.25) is 0 Å². The van der Waals surface area contributed by atoms with Gasteiger partial charge in [-0.15, -0.1) is 0 Å². The average Bonchev–Trinajstić information content (AvgIpc) is 3.48. The van der Waals surface area contributed by atoms with Crippen molar-refractivity contribution in [2.45, 2.75) is 51.4 Å². The van der Waals surface area contributed by atoms with Crippen LogP contribution < -0.4 is 14.9 Å². The molecule has 0 bridgehead atoms. The lowest BCUT2D eigenvalue weighted by Crippen LogP contribution is -2.24. The summed E-state index contributed by atoms with van der Waals surface area (Å²) in [5, 5.41) is 21.0. The molecule has 1 fully saturated rings. The van der Waals surface area contributed by atoms with Crippen molar-refractivity contribution >= 4 is 29.0 Å². The number of rotatable bonds is 4. The van der Waals surface area contributed by atoms with Crippen LogP contribution in [0.2, 0.25) is 0 Å². The van der Waals surface area contributed by atoms with E-state index in [-0.39, 0.29) is 16.4 Å². The first-order chi connectivity index (χ1) is 19.7. The molecular formula is C35H39N3O4. The maximum atomic E-state index is 11.6. The Morgan fingerprint density at radius 1 is 0.786 bits per heavy atom. The van der Waals surface area contributed by atoms with Crippen molar-refractivity contribution in [1.82, 2.24) is 0 Å². The monoisotopic (exact) mass is 565 g/mol. The van der Waals surface area contributed by atoms with Crippen molar-refractivity contribution in [1.29, 1.82) is 0 Å². The lowest BCUT2D eigenvalue weighted by Gasteiger charge is -2.24. The van der Waals surface area contributed by atoms with Crippen molar-refractivity contribution in [2.24, 2.45) is 0 Å². The summed E-state index contributed by atoms with van der Waals surface area (Å²) in [4.78, 5) is 27.4.